The number of rotatable bonds is 4. The smallest absolute Gasteiger partial charge is 0.225 e. The lowest BCUT2D eigenvalue weighted by atomic mass is 10.2. The predicted octanol–water partition coefficient (Wildman–Crippen LogP) is 1.18. The fourth-order valence-electron chi connectivity index (χ4n) is 2.24. The summed E-state index contributed by atoms with van der Waals surface area (Å²) in [5, 5.41) is 14.9. The number of benzene rings is 1. The molecule has 1 heterocycles. The molecule has 106 valence electrons. The number of anilines is 1. The SMILES string of the molecule is N#Cc1ccc(NC(=O)CCN2CCCNCC2)cc1. The second-order valence-electron chi connectivity index (χ2n) is 4.93. The average Bonchev–Trinajstić information content (AvgIpc) is 2.74. The van der Waals surface area contributed by atoms with Gasteiger partial charge in [0.05, 0.1) is 11.6 Å². The summed E-state index contributed by atoms with van der Waals surface area (Å²) in [5.41, 5.74) is 1.34. The van der Waals surface area contributed by atoms with Crippen molar-refractivity contribution in [3.05, 3.63) is 29.8 Å². The summed E-state index contributed by atoms with van der Waals surface area (Å²) in [6.07, 6.45) is 1.64. The summed E-state index contributed by atoms with van der Waals surface area (Å²) >= 11 is 0. The van der Waals surface area contributed by atoms with Crippen molar-refractivity contribution >= 4 is 11.6 Å². The lowest BCUT2D eigenvalue weighted by Crippen LogP contribution is -2.31. The van der Waals surface area contributed by atoms with Crippen LogP contribution in [0.1, 0.15) is 18.4 Å². The van der Waals surface area contributed by atoms with E-state index < -0.39 is 0 Å². The van der Waals surface area contributed by atoms with Gasteiger partial charge in [-0.3, -0.25) is 4.79 Å². The largest absolute Gasteiger partial charge is 0.326 e. The molecule has 1 saturated heterocycles. The molecule has 2 N–H and O–H groups in total. The van der Waals surface area contributed by atoms with E-state index in [9.17, 15) is 4.79 Å². The van der Waals surface area contributed by atoms with Crippen LogP contribution in [-0.2, 0) is 4.79 Å². The number of hydrogen-bond acceptors (Lipinski definition) is 4. The molecule has 1 aromatic carbocycles. The summed E-state index contributed by atoms with van der Waals surface area (Å²) < 4.78 is 0. The van der Waals surface area contributed by atoms with Gasteiger partial charge in [-0.1, -0.05) is 0 Å². The molecule has 0 aliphatic carbocycles. The van der Waals surface area contributed by atoms with E-state index in [4.69, 9.17) is 5.26 Å². The van der Waals surface area contributed by atoms with Crippen LogP contribution in [0.15, 0.2) is 24.3 Å². The highest BCUT2D eigenvalue weighted by Gasteiger charge is 2.10. The first-order valence-corrected chi connectivity index (χ1v) is 7.01. The van der Waals surface area contributed by atoms with Crippen LogP contribution in [0.5, 0.6) is 0 Å². The van der Waals surface area contributed by atoms with E-state index in [1.807, 2.05) is 0 Å². The van der Waals surface area contributed by atoms with Gasteiger partial charge in [0, 0.05) is 31.7 Å². The van der Waals surface area contributed by atoms with Gasteiger partial charge in [-0.05, 0) is 43.8 Å². The highest BCUT2D eigenvalue weighted by Crippen LogP contribution is 2.09. The van der Waals surface area contributed by atoms with Gasteiger partial charge >= 0.3 is 0 Å². The Morgan fingerprint density at radius 3 is 2.85 bits per heavy atom. The van der Waals surface area contributed by atoms with Crippen molar-refractivity contribution in [2.45, 2.75) is 12.8 Å². The van der Waals surface area contributed by atoms with Gasteiger partial charge in [0.2, 0.25) is 5.91 Å². The van der Waals surface area contributed by atoms with Crippen molar-refractivity contribution in [3.63, 3.8) is 0 Å². The molecule has 5 heteroatoms. The minimum absolute atomic E-state index is 0.0203. The summed E-state index contributed by atoms with van der Waals surface area (Å²) in [7, 11) is 0. The Morgan fingerprint density at radius 2 is 2.10 bits per heavy atom. The zero-order valence-corrected chi connectivity index (χ0v) is 11.6. The van der Waals surface area contributed by atoms with Crippen LogP contribution in [0.2, 0.25) is 0 Å². The van der Waals surface area contributed by atoms with E-state index in [0.717, 1.165) is 44.8 Å². The molecule has 1 amide bonds. The first-order chi connectivity index (χ1) is 9.78. The monoisotopic (exact) mass is 272 g/mol. The molecule has 1 aliphatic rings. The first kappa shape index (κ1) is 14.5. The number of nitrogens with one attached hydrogen (secondary N) is 2. The van der Waals surface area contributed by atoms with E-state index in [2.05, 4.69) is 21.6 Å². The molecule has 2 rings (SSSR count). The minimum atomic E-state index is 0.0203. The Labute approximate surface area is 119 Å². The normalized spacial score (nSPS) is 16.1. The molecular formula is C15H20N4O. The number of amides is 1. The van der Waals surface area contributed by atoms with Crippen LogP contribution < -0.4 is 10.6 Å². The molecule has 0 atom stereocenters. The predicted molar refractivity (Wildman–Crippen MR) is 78.3 cm³/mol. The van der Waals surface area contributed by atoms with E-state index >= 15 is 0 Å². The van der Waals surface area contributed by atoms with Crippen LogP contribution in [0.3, 0.4) is 0 Å². The van der Waals surface area contributed by atoms with Crippen molar-refractivity contribution < 1.29 is 4.79 Å². The number of nitriles is 1. The number of hydrogen-bond donors (Lipinski definition) is 2. The second kappa shape index (κ2) is 7.63. The van der Waals surface area contributed by atoms with Gasteiger partial charge in [0.25, 0.3) is 0 Å². The van der Waals surface area contributed by atoms with Crippen LogP contribution in [0.4, 0.5) is 5.69 Å². The topological polar surface area (TPSA) is 68.2 Å². The van der Waals surface area contributed by atoms with Crippen molar-refractivity contribution in [1.82, 2.24) is 10.2 Å². The standard InChI is InChI=1S/C15H20N4O/c16-12-13-2-4-14(5-3-13)18-15(20)6-10-19-9-1-7-17-8-11-19/h2-5,17H,1,6-11H2,(H,18,20). The van der Waals surface area contributed by atoms with Gasteiger partial charge in [-0.15, -0.1) is 0 Å². The van der Waals surface area contributed by atoms with Gasteiger partial charge < -0.3 is 15.5 Å². The van der Waals surface area contributed by atoms with Gasteiger partial charge in [0.1, 0.15) is 0 Å². The molecule has 0 spiro atoms. The fraction of sp³-hybridized carbons (Fsp3) is 0.467. The lowest BCUT2D eigenvalue weighted by Gasteiger charge is -2.18. The first-order valence-electron chi connectivity index (χ1n) is 7.01. The van der Waals surface area contributed by atoms with Gasteiger partial charge in [0.15, 0.2) is 0 Å². The Bertz CT molecular complexity index is 470. The quantitative estimate of drug-likeness (QED) is 0.863. The maximum Gasteiger partial charge on any atom is 0.225 e. The molecule has 20 heavy (non-hydrogen) atoms. The maximum atomic E-state index is 11.9. The molecular weight excluding hydrogens is 252 g/mol. The van der Waals surface area contributed by atoms with Crippen molar-refractivity contribution in [3.8, 4) is 6.07 Å². The molecule has 1 fully saturated rings. The Kier molecular flexibility index (Phi) is 5.54. The third-order valence-corrected chi connectivity index (χ3v) is 3.39. The number of carbonyl (C=O) groups excluding carboxylic acids is 1. The molecule has 0 unspecified atom stereocenters. The van der Waals surface area contributed by atoms with Crippen molar-refractivity contribution in [1.29, 1.82) is 5.26 Å². The van der Waals surface area contributed by atoms with Crippen molar-refractivity contribution in [2.24, 2.45) is 0 Å². The lowest BCUT2D eigenvalue weighted by molar-refractivity contribution is -0.116. The molecule has 0 aromatic heterocycles. The Balaban J connectivity index is 1.75. The average molecular weight is 272 g/mol. The molecule has 0 saturated carbocycles. The molecule has 1 aromatic rings. The van der Waals surface area contributed by atoms with Crippen LogP contribution in [0.25, 0.3) is 0 Å². The Hall–Kier alpha value is -1.90. The Morgan fingerprint density at radius 1 is 1.30 bits per heavy atom. The van der Waals surface area contributed by atoms with E-state index in [0.29, 0.717) is 12.0 Å². The van der Waals surface area contributed by atoms with E-state index in [1.54, 1.807) is 24.3 Å². The van der Waals surface area contributed by atoms with Crippen LogP contribution >= 0.6 is 0 Å². The minimum Gasteiger partial charge on any atom is -0.326 e. The number of carbonyl (C=O) groups is 1. The third kappa shape index (κ3) is 4.65. The van der Waals surface area contributed by atoms with Gasteiger partial charge in [-0.2, -0.15) is 5.26 Å². The molecule has 1 aliphatic heterocycles. The molecule has 0 bridgehead atoms. The van der Waals surface area contributed by atoms with E-state index in [1.165, 1.54) is 0 Å². The zero-order chi connectivity index (χ0) is 14.2. The van der Waals surface area contributed by atoms with Gasteiger partial charge in [-0.25, -0.2) is 0 Å². The number of nitrogens with zero attached hydrogens (tertiary/aromatic N) is 2. The molecule has 5 nitrogen and oxygen atoms in total. The summed E-state index contributed by atoms with van der Waals surface area (Å²) in [6, 6.07) is 8.98. The highest BCUT2D eigenvalue weighted by molar-refractivity contribution is 5.90. The third-order valence-electron chi connectivity index (χ3n) is 3.39. The maximum absolute atomic E-state index is 11.9. The van der Waals surface area contributed by atoms with Crippen LogP contribution in [0, 0.1) is 11.3 Å². The fourth-order valence-corrected chi connectivity index (χ4v) is 2.24. The summed E-state index contributed by atoms with van der Waals surface area (Å²) in [4.78, 5) is 14.2. The highest BCUT2D eigenvalue weighted by atomic mass is 16.1. The second-order valence-corrected chi connectivity index (χ2v) is 4.93. The zero-order valence-electron chi connectivity index (χ0n) is 11.6. The van der Waals surface area contributed by atoms with E-state index in [-0.39, 0.29) is 5.91 Å². The van der Waals surface area contributed by atoms with Crippen LogP contribution in [-0.4, -0.2) is 43.5 Å². The summed E-state index contributed by atoms with van der Waals surface area (Å²) in [6.45, 7) is 4.91. The summed E-state index contributed by atoms with van der Waals surface area (Å²) in [5.74, 6) is 0.0203. The van der Waals surface area contributed by atoms with Crippen molar-refractivity contribution in [2.75, 3.05) is 38.0 Å². The molecule has 0 radical (unpaired) electrons.